The molecule has 2 heterocycles. The van der Waals surface area contributed by atoms with Crippen LogP contribution in [0.2, 0.25) is 0 Å². The predicted molar refractivity (Wildman–Crippen MR) is 76.7 cm³/mol. The number of carbonyl (C=O) groups excluding carboxylic acids is 2. The van der Waals surface area contributed by atoms with E-state index in [0.717, 1.165) is 18.2 Å². The molecular formula is C12H17N5O2S. The van der Waals surface area contributed by atoms with E-state index in [1.165, 1.54) is 11.0 Å². The molecule has 1 aliphatic heterocycles. The number of imide groups is 1. The van der Waals surface area contributed by atoms with E-state index in [-0.39, 0.29) is 35.9 Å². The number of nitrogen functional groups attached to an aromatic ring is 2. The molecule has 1 aromatic rings. The summed E-state index contributed by atoms with van der Waals surface area (Å²) in [5, 5.41) is -0.183. The fourth-order valence-corrected chi connectivity index (χ4v) is 3.01. The van der Waals surface area contributed by atoms with E-state index in [0.29, 0.717) is 5.16 Å². The molecule has 2 unspecified atom stereocenters. The quantitative estimate of drug-likeness (QED) is 0.619. The minimum atomic E-state index is -0.502. The largest absolute Gasteiger partial charge is 0.383 e. The van der Waals surface area contributed by atoms with E-state index in [4.69, 9.17) is 11.5 Å². The summed E-state index contributed by atoms with van der Waals surface area (Å²) < 4.78 is 0. The fourth-order valence-electron chi connectivity index (χ4n) is 2.00. The van der Waals surface area contributed by atoms with Gasteiger partial charge >= 0.3 is 0 Å². The van der Waals surface area contributed by atoms with Crippen LogP contribution < -0.4 is 11.5 Å². The molecule has 0 aromatic carbocycles. The Hall–Kier alpha value is -1.83. The minimum absolute atomic E-state index is 0.0903. The van der Waals surface area contributed by atoms with Gasteiger partial charge in [-0.3, -0.25) is 14.5 Å². The fraction of sp³-hybridized carbons (Fsp3) is 0.500. The molecule has 0 bridgehead atoms. The van der Waals surface area contributed by atoms with Crippen LogP contribution in [0.25, 0.3) is 0 Å². The molecule has 20 heavy (non-hydrogen) atoms. The number of nitrogens with zero attached hydrogens (tertiary/aromatic N) is 3. The van der Waals surface area contributed by atoms with Crippen LogP contribution in [0, 0.1) is 0 Å². The smallest absolute Gasteiger partial charge is 0.243 e. The average Bonchev–Trinajstić information content (AvgIpc) is 2.62. The highest BCUT2D eigenvalue weighted by molar-refractivity contribution is 8.00. The van der Waals surface area contributed by atoms with Crippen molar-refractivity contribution in [1.29, 1.82) is 0 Å². The van der Waals surface area contributed by atoms with Gasteiger partial charge in [0, 0.05) is 18.5 Å². The van der Waals surface area contributed by atoms with E-state index >= 15 is 0 Å². The monoisotopic (exact) mass is 295 g/mol. The first-order chi connectivity index (χ1) is 9.42. The number of carbonyl (C=O) groups is 2. The van der Waals surface area contributed by atoms with E-state index in [1.54, 1.807) is 0 Å². The van der Waals surface area contributed by atoms with Crippen LogP contribution in [0.3, 0.4) is 0 Å². The summed E-state index contributed by atoms with van der Waals surface area (Å²) in [5.74, 6) is 0.142. The number of hydrogen-bond acceptors (Lipinski definition) is 7. The number of nitrogens with two attached hydrogens (primary N) is 2. The van der Waals surface area contributed by atoms with Gasteiger partial charge < -0.3 is 11.5 Å². The molecule has 1 aliphatic rings. The second-order valence-corrected chi connectivity index (χ2v) is 5.84. The van der Waals surface area contributed by atoms with Crippen molar-refractivity contribution < 1.29 is 9.59 Å². The summed E-state index contributed by atoms with van der Waals surface area (Å²) >= 11 is 1.13. The lowest BCUT2D eigenvalue weighted by molar-refractivity contribution is -0.140. The van der Waals surface area contributed by atoms with Gasteiger partial charge in [0.15, 0.2) is 5.16 Å². The van der Waals surface area contributed by atoms with Crippen LogP contribution in [0.5, 0.6) is 0 Å². The molecule has 2 atom stereocenters. The summed E-state index contributed by atoms with van der Waals surface area (Å²) in [6, 6.07) is 1.35. The summed E-state index contributed by atoms with van der Waals surface area (Å²) in [7, 11) is 0. The highest BCUT2D eigenvalue weighted by Crippen LogP contribution is 2.31. The van der Waals surface area contributed by atoms with Gasteiger partial charge in [-0.25, -0.2) is 9.97 Å². The SMILES string of the molecule is CCC(C)N1C(=O)CC(Sc2nc(N)cc(N)n2)C1=O. The topological polar surface area (TPSA) is 115 Å². The Bertz CT molecular complexity index is 530. The van der Waals surface area contributed by atoms with Gasteiger partial charge in [-0.05, 0) is 13.3 Å². The summed E-state index contributed by atoms with van der Waals surface area (Å²) in [6.45, 7) is 3.80. The second kappa shape index (κ2) is 5.66. The standard InChI is InChI=1S/C12H17N5O2S/c1-3-6(2)17-10(18)4-7(11(17)19)20-12-15-8(13)5-9(14)16-12/h5-7H,3-4H2,1-2H3,(H4,13,14,15,16). The van der Waals surface area contributed by atoms with E-state index in [2.05, 4.69) is 9.97 Å². The van der Waals surface area contributed by atoms with Crippen LogP contribution in [-0.2, 0) is 9.59 Å². The van der Waals surface area contributed by atoms with E-state index in [9.17, 15) is 9.59 Å². The molecule has 2 rings (SSSR count). The van der Waals surface area contributed by atoms with Gasteiger partial charge in [0.25, 0.3) is 0 Å². The van der Waals surface area contributed by atoms with Crippen molar-refractivity contribution in [3.05, 3.63) is 6.07 Å². The Kier molecular flexibility index (Phi) is 4.12. The summed E-state index contributed by atoms with van der Waals surface area (Å²) in [6.07, 6.45) is 0.891. The number of amides is 2. The first-order valence-corrected chi connectivity index (χ1v) is 7.23. The molecule has 0 saturated carbocycles. The molecule has 0 radical (unpaired) electrons. The molecule has 7 nitrogen and oxygen atoms in total. The van der Waals surface area contributed by atoms with Crippen molar-refractivity contribution in [3.63, 3.8) is 0 Å². The highest BCUT2D eigenvalue weighted by Gasteiger charge is 2.41. The van der Waals surface area contributed by atoms with Crippen LogP contribution >= 0.6 is 11.8 Å². The van der Waals surface area contributed by atoms with Gasteiger partial charge in [-0.1, -0.05) is 18.7 Å². The lowest BCUT2D eigenvalue weighted by atomic mass is 10.2. The number of thioether (sulfide) groups is 1. The Morgan fingerprint density at radius 1 is 1.40 bits per heavy atom. The number of hydrogen-bond donors (Lipinski definition) is 2. The zero-order valence-corrected chi connectivity index (χ0v) is 12.2. The predicted octanol–water partition coefficient (Wildman–Crippen LogP) is 0.659. The van der Waals surface area contributed by atoms with Gasteiger partial charge in [0.1, 0.15) is 16.9 Å². The number of rotatable bonds is 4. The molecular weight excluding hydrogens is 278 g/mol. The Labute approximate surface area is 121 Å². The zero-order valence-electron chi connectivity index (χ0n) is 11.4. The number of anilines is 2. The Morgan fingerprint density at radius 3 is 2.55 bits per heavy atom. The van der Waals surface area contributed by atoms with Crippen molar-refractivity contribution in [1.82, 2.24) is 14.9 Å². The molecule has 0 aliphatic carbocycles. The molecule has 1 saturated heterocycles. The summed E-state index contributed by atoms with van der Waals surface area (Å²) in [4.78, 5) is 33.5. The maximum Gasteiger partial charge on any atom is 0.243 e. The molecule has 4 N–H and O–H groups in total. The highest BCUT2D eigenvalue weighted by atomic mass is 32.2. The normalized spacial score (nSPS) is 20.5. The number of likely N-dealkylation sites (tertiary alicyclic amines) is 1. The number of aromatic nitrogens is 2. The van der Waals surface area contributed by atoms with Crippen molar-refractivity contribution >= 4 is 35.2 Å². The zero-order chi connectivity index (χ0) is 14.9. The van der Waals surface area contributed by atoms with Gasteiger partial charge in [0.2, 0.25) is 11.8 Å². The maximum atomic E-state index is 12.3. The van der Waals surface area contributed by atoms with E-state index in [1.807, 2.05) is 13.8 Å². The van der Waals surface area contributed by atoms with Crippen molar-refractivity contribution in [2.24, 2.45) is 0 Å². The molecule has 1 fully saturated rings. The van der Waals surface area contributed by atoms with Crippen LogP contribution in [0.1, 0.15) is 26.7 Å². The van der Waals surface area contributed by atoms with Crippen LogP contribution in [-0.4, -0.2) is 38.0 Å². The lowest BCUT2D eigenvalue weighted by Gasteiger charge is -2.21. The third-order valence-electron chi connectivity index (χ3n) is 3.17. The van der Waals surface area contributed by atoms with E-state index < -0.39 is 5.25 Å². The third-order valence-corrected chi connectivity index (χ3v) is 4.21. The third kappa shape index (κ3) is 2.84. The van der Waals surface area contributed by atoms with Crippen LogP contribution in [0.4, 0.5) is 11.6 Å². The second-order valence-electron chi connectivity index (χ2n) is 4.67. The molecule has 0 spiro atoms. The Morgan fingerprint density at radius 2 is 2.00 bits per heavy atom. The first kappa shape index (κ1) is 14.6. The van der Waals surface area contributed by atoms with Crippen molar-refractivity contribution in [2.45, 2.75) is 43.1 Å². The minimum Gasteiger partial charge on any atom is -0.383 e. The average molecular weight is 295 g/mol. The first-order valence-electron chi connectivity index (χ1n) is 6.35. The molecule has 8 heteroatoms. The molecule has 2 amide bonds. The maximum absolute atomic E-state index is 12.3. The Balaban J connectivity index is 2.15. The van der Waals surface area contributed by atoms with Gasteiger partial charge in [-0.15, -0.1) is 0 Å². The lowest BCUT2D eigenvalue weighted by Crippen LogP contribution is -2.38. The molecule has 108 valence electrons. The van der Waals surface area contributed by atoms with Gasteiger partial charge in [-0.2, -0.15) is 0 Å². The van der Waals surface area contributed by atoms with Crippen LogP contribution in [0.15, 0.2) is 11.2 Å². The summed E-state index contributed by atoms with van der Waals surface area (Å²) in [5.41, 5.74) is 11.2. The van der Waals surface area contributed by atoms with Gasteiger partial charge in [0.05, 0.1) is 0 Å². The molecule has 1 aromatic heterocycles. The van der Waals surface area contributed by atoms with Crippen molar-refractivity contribution in [2.75, 3.05) is 11.5 Å². The van der Waals surface area contributed by atoms with Crippen molar-refractivity contribution in [3.8, 4) is 0 Å².